The summed E-state index contributed by atoms with van der Waals surface area (Å²) in [6, 6.07) is 0. The summed E-state index contributed by atoms with van der Waals surface area (Å²) in [6.07, 6.45) is 0. The molecule has 2 rings (SSSR count). The van der Waals surface area contributed by atoms with E-state index in [9.17, 15) is 4.79 Å². The topological polar surface area (TPSA) is 49.0 Å². The van der Waals surface area contributed by atoms with E-state index >= 15 is 0 Å². The van der Waals surface area contributed by atoms with Gasteiger partial charge in [-0.25, -0.2) is 0 Å². The molecule has 76 valence electrons. The number of aromatic nitrogens is 2. The largest absolute Gasteiger partial charge is 0.338 e. The van der Waals surface area contributed by atoms with E-state index < -0.39 is 0 Å². The van der Waals surface area contributed by atoms with Crippen molar-refractivity contribution in [2.24, 2.45) is 5.92 Å². The number of carbonyl (C=O) groups is 1. The van der Waals surface area contributed by atoms with Crippen LogP contribution in [0.1, 0.15) is 28.7 Å². The Balaban J connectivity index is 2.19. The molecule has 1 fully saturated rings. The van der Waals surface area contributed by atoms with Crippen molar-refractivity contribution in [2.75, 3.05) is 13.1 Å². The number of hydrogen-bond acceptors (Lipinski definition) is 2. The summed E-state index contributed by atoms with van der Waals surface area (Å²) in [5.74, 6) is 0.762. The molecule has 0 spiro atoms. The number of nitrogens with one attached hydrogen (secondary N) is 1. The van der Waals surface area contributed by atoms with E-state index in [1.54, 1.807) is 0 Å². The van der Waals surface area contributed by atoms with Crippen LogP contribution in [0.3, 0.4) is 0 Å². The quantitative estimate of drug-likeness (QED) is 0.726. The number of aryl methyl sites for hydroxylation is 2. The Morgan fingerprint density at radius 2 is 2.14 bits per heavy atom. The van der Waals surface area contributed by atoms with Crippen molar-refractivity contribution in [3.8, 4) is 0 Å². The minimum absolute atomic E-state index is 0.117. The molecule has 1 aromatic heterocycles. The fourth-order valence-electron chi connectivity index (χ4n) is 1.89. The summed E-state index contributed by atoms with van der Waals surface area (Å²) >= 11 is 0. The summed E-state index contributed by atoms with van der Waals surface area (Å²) in [4.78, 5) is 13.8. The van der Waals surface area contributed by atoms with Gasteiger partial charge in [0.05, 0.1) is 11.3 Å². The molecular formula is C10H15N3O. The van der Waals surface area contributed by atoms with Crippen LogP contribution >= 0.6 is 0 Å². The Kier molecular flexibility index (Phi) is 2.06. The first-order valence-electron chi connectivity index (χ1n) is 4.90. The van der Waals surface area contributed by atoms with Gasteiger partial charge in [-0.2, -0.15) is 5.10 Å². The first kappa shape index (κ1) is 9.24. The molecule has 0 radical (unpaired) electrons. The molecule has 1 aliphatic heterocycles. The molecule has 0 unspecified atom stereocenters. The molecular weight excluding hydrogens is 178 g/mol. The predicted octanol–water partition coefficient (Wildman–Crippen LogP) is 1.12. The molecule has 1 saturated heterocycles. The maximum Gasteiger partial charge on any atom is 0.257 e. The molecule has 1 aliphatic rings. The number of aromatic amines is 1. The van der Waals surface area contributed by atoms with Gasteiger partial charge in [-0.3, -0.25) is 9.89 Å². The number of rotatable bonds is 1. The summed E-state index contributed by atoms with van der Waals surface area (Å²) in [5.41, 5.74) is 2.41. The fourth-order valence-corrected chi connectivity index (χ4v) is 1.89. The van der Waals surface area contributed by atoms with Crippen LogP contribution in [0, 0.1) is 19.8 Å². The standard InChI is InChI=1S/C10H15N3O/c1-6-4-13(5-6)10(14)9-7(2)11-12-8(9)3/h6H,4-5H2,1-3H3,(H,11,12). The third-order valence-corrected chi connectivity index (χ3v) is 2.69. The van der Waals surface area contributed by atoms with Crippen molar-refractivity contribution in [3.63, 3.8) is 0 Å². The summed E-state index contributed by atoms with van der Waals surface area (Å²) < 4.78 is 0. The van der Waals surface area contributed by atoms with Crippen LogP contribution < -0.4 is 0 Å². The normalized spacial score (nSPS) is 16.9. The summed E-state index contributed by atoms with van der Waals surface area (Å²) in [5, 5.41) is 6.86. The number of hydrogen-bond donors (Lipinski definition) is 1. The maximum absolute atomic E-state index is 11.9. The molecule has 1 amide bonds. The Bertz CT molecular complexity index is 344. The average molecular weight is 193 g/mol. The van der Waals surface area contributed by atoms with Crippen LogP contribution in [-0.4, -0.2) is 34.1 Å². The summed E-state index contributed by atoms with van der Waals surface area (Å²) in [7, 11) is 0. The predicted molar refractivity (Wildman–Crippen MR) is 53.1 cm³/mol. The molecule has 0 saturated carbocycles. The van der Waals surface area contributed by atoms with E-state index in [1.165, 1.54) is 0 Å². The van der Waals surface area contributed by atoms with Crippen molar-refractivity contribution in [1.29, 1.82) is 0 Å². The van der Waals surface area contributed by atoms with E-state index in [4.69, 9.17) is 0 Å². The molecule has 14 heavy (non-hydrogen) atoms. The number of amides is 1. The van der Waals surface area contributed by atoms with E-state index in [0.29, 0.717) is 5.92 Å². The fraction of sp³-hybridized carbons (Fsp3) is 0.600. The molecule has 0 aliphatic carbocycles. The van der Waals surface area contributed by atoms with Crippen LogP contribution in [-0.2, 0) is 0 Å². The van der Waals surface area contributed by atoms with Crippen molar-refractivity contribution >= 4 is 5.91 Å². The van der Waals surface area contributed by atoms with E-state index in [2.05, 4.69) is 17.1 Å². The van der Waals surface area contributed by atoms with Crippen LogP contribution in [0.5, 0.6) is 0 Å². The van der Waals surface area contributed by atoms with Gasteiger partial charge in [-0.15, -0.1) is 0 Å². The number of likely N-dealkylation sites (tertiary alicyclic amines) is 1. The van der Waals surface area contributed by atoms with Gasteiger partial charge in [0.2, 0.25) is 0 Å². The average Bonchev–Trinajstić information content (AvgIpc) is 2.40. The lowest BCUT2D eigenvalue weighted by atomic mass is 10.0. The Morgan fingerprint density at radius 1 is 1.50 bits per heavy atom. The van der Waals surface area contributed by atoms with Gasteiger partial charge in [0.15, 0.2) is 0 Å². The monoisotopic (exact) mass is 193 g/mol. The zero-order valence-electron chi connectivity index (χ0n) is 8.79. The number of H-pyrrole nitrogens is 1. The first-order valence-corrected chi connectivity index (χ1v) is 4.90. The van der Waals surface area contributed by atoms with Crippen LogP contribution in [0.2, 0.25) is 0 Å². The van der Waals surface area contributed by atoms with Gasteiger partial charge in [0, 0.05) is 18.8 Å². The second kappa shape index (κ2) is 3.12. The lowest BCUT2D eigenvalue weighted by Crippen LogP contribution is -2.48. The third-order valence-electron chi connectivity index (χ3n) is 2.69. The number of nitrogens with zero attached hydrogens (tertiary/aromatic N) is 2. The Morgan fingerprint density at radius 3 is 2.57 bits per heavy atom. The van der Waals surface area contributed by atoms with E-state index in [0.717, 1.165) is 30.0 Å². The molecule has 4 nitrogen and oxygen atoms in total. The van der Waals surface area contributed by atoms with Crippen molar-refractivity contribution in [3.05, 3.63) is 17.0 Å². The van der Waals surface area contributed by atoms with Crippen LogP contribution in [0.25, 0.3) is 0 Å². The smallest absolute Gasteiger partial charge is 0.257 e. The minimum Gasteiger partial charge on any atom is -0.338 e. The maximum atomic E-state index is 11.9. The zero-order chi connectivity index (χ0) is 10.3. The van der Waals surface area contributed by atoms with Gasteiger partial charge < -0.3 is 4.90 Å². The van der Waals surface area contributed by atoms with E-state index in [1.807, 2.05) is 18.7 Å². The van der Waals surface area contributed by atoms with Gasteiger partial charge in [0.1, 0.15) is 0 Å². The second-order valence-corrected chi connectivity index (χ2v) is 4.12. The Labute approximate surface area is 83.3 Å². The summed E-state index contributed by atoms with van der Waals surface area (Å²) in [6.45, 7) is 7.65. The molecule has 0 bridgehead atoms. The highest BCUT2D eigenvalue weighted by atomic mass is 16.2. The highest BCUT2D eigenvalue weighted by Gasteiger charge is 2.30. The van der Waals surface area contributed by atoms with Crippen LogP contribution in [0.4, 0.5) is 0 Å². The van der Waals surface area contributed by atoms with Gasteiger partial charge >= 0.3 is 0 Å². The molecule has 0 aromatic carbocycles. The highest BCUT2D eigenvalue weighted by molar-refractivity contribution is 5.96. The highest BCUT2D eigenvalue weighted by Crippen LogP contribution is 2.20. The van der Waals surface area contributed by atoms with Crippen molar-refractivity contribution < 1.29 is 4.79 Å². The first-order chi connectivity index (χ1) is 6.59. The molecule has 1 N–H and O–H groups in total. The van der Waals surface area contributed by atoms with Gasteiger partial charge in [-0.05, 0) is 19.8 Å². The molecule has 0 atom stereocenters. The second-order valence-electron chi connectivity index (χ2n) is 4.12. The van der Waals surface area contributed by atoms with E-state index in [-0.39, 0.29) is 5.91 Å². The van der Waals surface area contributed by atoms with Crippen molar-refractivity contribution in [1.82, 2.24) is 15.1 Å². The van der Waals surface area contributed by atoms with Gasteiger partial charge in [-0.1, -0.05) is 6.92 Å². The third kappa shape index (κ3) is 1.31. The lowest BCUT2D eigenvalue weighted by molar-refractivity contribution is 0.0529. The lowest BCUT2D eigenvalue weighted by Gasteiger charge is -2.37. The van der Waals surface area contributed by atoms with Crippen molar-refractivity contribution in [2.45, 2.75) is 20.8 Å². The SMILES string of the molecule is Cc1n[nH]c(C)c1C(=O)N1CC(C)C1. The molecule has 4 heteroatoms. The van der Waals surface area contributed by atoms with Crippen LogP contribution in [0.15, 0.2) is 0 Å². The minimum atomic E-state index is 0.117. The molecule has 2 heterocycles. The number of carbonyl (C=O) groups excluding carboxylic acids is 1. The Hall–Kier alpha value is -1.32. The zero-order valence-corrected chi connectivity index (χ0v) is 8.79. The van der Waals surface area contributed by atoms with Gasteiger partial charge in [0.25, 0.3) is 5.91 Å². The molecule has 1 aromatic rings.